The van der Waals surface area contributed by atoms with E-state index in [4.69, 9.17) is 9.29 Å². The van der Waals surface area contributed by atoms with Gasteiger partial charge in [-0.1, -0.05) is 70.4 Å². The zero-order valence-electron chi connectivity index (χ0n) is 16.6. The molecule has 26 heavy (non-hydrogen) atoms. The van der Waals surface area contributed by atoms with Gasteiger partial charge in [-0.3, -0.25) is 9.35 Å². The molecule has 0 aromatic rings. The Morgan fingerprint density at radius 2 is 1.38 bits per heavy atom. The molecule has 6 heteroatoms. The maximum atomic E-state index is 11.6. The molecule has 0 heterocycles. The van der Waals surface area contributed by atoms with E-state index >= 15 is 0 Å². The fourth-order valence-corrected chi connectivity index (χ4v) is 3.62. The van der Waals surface area contributed by atoms with Crippen LogP contribution in [0, 0.1) is 0 Å². The molecule has 1 unspecified atom stereocenters. The number of carbonyl (C=O) groups excluding carboxylic acids is 1. The molecule has 0 radical (unpaired) electrons. The molecule has 5 nitrogen and oxygen atoms in total. The normalized spacial score (nSPS) is 13.2. The van der Waals surface area contributed by atoms with Gasteiger partial charge in [-0.2, -0.15) is 8.42 Å². The minimum Gasteiger partial charge on any atom is -0.465 e. The average molecular weight is 391 g/mol. The first kappa shape index (κ1) is 25.1. The van der Waals surface area contributed by atoms with E-state index in [1.54, 1.807) is 6.92 Å². The van der Waals surface area contributed by atoms with E-state index in [2.05, 4.69) is 19.1 Å². The molecule has 0 aliphatic heterocycles. The molecule has 0 amide bonds. The summed E-state index contributed by atoms with van der Waals surface area (Å²) in [6.07, 6.45) is 18.2. The van der Waals surface area contributed by atoms with Crippen LogP contribution in [0.25, 0.3) is 0 Å². The first-order chi connectivity index (χ1) is 12.4. The Bertz CT molecular complexity index is 471. The van der Waals surface area contributed by atoms with E-state index in [1.165, 1.54) is 38.5 Å². The summed E-state index contributed by atoms with van der Waals surface area (Å²) in [5, 5.41) is -1.44. The molecule has 0 aliphatic carbocycles. The minimum atomic E-state index is -4.39. The topological polar surface area (TPSA) is 80.7 Å². The third kappa shape index (κ3) is 14.3. The van der Waals surface area contributed by atoms with Crippen LogP contribution in [0.3, 0.4) is 0 Å². The monoisotopic (exact) mass is 390 g/mol. The SMILES string of the molecule is CCCCCCCCC=CCCCCCCC(C(=O)OCC)S(=O)(=O)O. The number of esters is 1. The van der Waals surface area contributed by atoms with E-state index in [1.807, 2.05) is 0 Å². The van der Waals surface area contributed by atoms with Gasteiger partial charge in [0.05, 0.1) is 6.61 Å². The van der Waals surface area contributed by atoms with Crippen molar-refractivity contribution in [3.8, 4) is 0 Å². The Labute approximate surface area is 160 Å². The van der Waals surface area contributed by atoms with E-state index in [0.717, 1.165) is 32.1 Å². The summed E-state index contributed by atoms with van der Waals surface area (Å²) < 4.78 is 36.4. The van der Waals surface area contributed by atoms with Crippen LogP contribution in [0.1, 0.15) is 97.3 Å². The number of hydrogen-bond donors (Lipinski definition) is 1. The zero-order valence-corrected chi connectivity index (χ0v) is 17.4. The highest BCUT2D eigenvalue weighted by molar-refractivity contribution is 7.87. The van der Waals surface area contributed by atoms with E-state index < -0.39 is 21.3 Å². The third-order valence-electron chi connectivity index (χ3n) is 4.39. The maximum Gasteiger partial charge on any atom is 0.326 e. The van der Waals surface area contributed by atoms with Crippen molar-refractivity contribution in [2.75, 3.05) is 6.61 Å². The van der Waals surface area contributed by atoms with Gasteiger partial charge in [-0.15, -0.1) is 0 Å². The van der Waals surface area contributed by atoms with Crippen molar-refractivity contribution in [2.45, 2.75) is 103 Å². The Balaban J connectivity index is 3.67. The summed E-state index contributed by atoms with van der Waals surface area (Å²) in [7, 11) is -4.39. The van der Waals surface area contributed by atoms with Crippen LogP contribution in [0.5, 0.6) is 0 Å². The molecule has 0 aliphatic rings. The predicted octanol–water partition coefficient (Wildman–Crippen LogP) is 5.45. The summed E-state index contributed by atoms with van der Waals surface area (Å²) in [6.45, 7) is 3.95. The summed E-state index contributed by atoms with van der Waals surface area (Å²) >= 11 is 0. The summed E-state index contributed by atoms with van der Waals surface area (Å²) in [6, 6.07) is 0. The van der Waals surface area contributed by atoms with Gasteiger partial charge in [0, 0.05) is 0 Å². The Kier molecular flexibility index (Phi) is 15.8. The second kappa shape index (κ2) is 16.3. The number of unbranched alkanes of at least 4 members (excludes halogenated alkanes) is 10. The molecule has 0 saturated carbocycles. The van der Waals surface area contributed by atoms with Gasteiger partial charge in [-0.25, -0.2) is 0 Å². The smallest absolute Gasteiger partial charge is 0.326 e. The first-order valence-corrected chi connectivity index (χ1v) is 11.7. The quantitative estimate of drug-likeness (QED) is 0.154. The zero-order chi connectivity index (χ0) is 19.7. The second-order valence-electron chi connectivity index (χ2n) is 6.78. The van der Waals surface area contributed by atoms with Crippen molar-refractivity contribution < 1.29 is 22.5 Å². The Morgan fingerprint density at radius 3 is 1.88 bits per heavy atom. The molecule has 0 spiro atoms. The molecule has 1 N–H and O–H groups in total. The third-order valence-corrected chi connectivity index (χ3v) is 5.53. The predicted molar refractivity (Wildman–Crippen MR) is 107 cm³/mol. The fourth-order valence-electron chi connectivity index (χ4n) is 2.85. The van der Waals surface area contributed by atoms with Crippen molar-refractivity contribution in [1.29, 1.82) is 0 Å². The molecule has 0 rings (SSSR count). The largest absolute Gasteiger partial charge is 0.465 e. The number of rotatable bonds is 17. The minimum absolute atomic E-state index is 0.107. The summed E-state index contributed by atoms with van der Waals surface area (Å²) in [5.74, 6) is -0.854. The molecule has 0 aromatic carbocycles. The molecular weight excluding hydrogens is 352 g/mol. The van der Waals surface area contributed by atoms with Crippen LogP contribution in [-0.2, 0) is 19.6 Å². The van der Waals surface area contributed by atoms with Gasteiger partial charge in [0.15, 0.2) is 5.25 Å². The van der Waals surface area contributed by atoms with Gasteiger partial charge < -0.3 is 4.74 Å². The Morgan fingerprint density at radius 1 is 0.885 bits per heavy atom. The molecule has 154 valence electrons. The van der Waals surface area contributed by atoms with Gasteiger partial charge in [-0.05, 0) is 39.0 Å². The van der Waals surface area contributed by atoms with Crippen molar-refractivity contribution in [1.82, 2.24) is 0 Å². The lowest BCUT2D eigenvalue weighted by Gasteiger charge is -2.12. The lowest BCUT2D eigenvalue weighted by molar-refractivity contribution is -0.142. The van der Waals surface area contributed by atoms with Crippen molar-refractivity contribution in [3.63, 3.8) is 0 Å². The highest BCUT2D eigenvalue weighted by atomic mass is 32.2. The van der Waals surface area contributed by atoms with Gasteiger partial charge >= 0.3 is 5.97 Å². The highest BCUT2D eigenvalue weighted by Gasteiger charge is 2.31. The second-order valence-corrected chi connectivity index (χ2v) is 8.37. The molecule has 0 aromatic heterocycles. The molecule has 0 bridgehead atoms. The van der Waals surface area contributed by atoms with Crippen LogP contribution >= 0.6 is 0 Å². The molecule has 0 saturated heterocycles. The van der Waals surface area contributed by atoms with Crippen molar-refractivity contribution in [3.05, 3.63) is 12.2 Å². The number of ether oxygens (including phenoxy) is 1. The van der Waals surface area contributed by atoms with Crippen LogP contribution in [0.15, 0.2) is 12.2 Å². The molecule has 1 atom stereocenters. The van der Waals surface area contributed by atoms with Crippen LogP contribution in [0.4, 0.5) is 0 Å². The van der Waals surface area contributed by atoms with Gasteiger partial charge in [0.1, 0.15) is 0 Å². The standard InChI is InChI=1S/C20H38O5S/c1-3-5-6-7-8-9-10-11-12-13-14-15-16-17-18-19(26(22,23)24)20(21)25-4-2/h11-12,19H,3-10,13-18H2,1-2H3,(H,22,23,24). The molecule has 0 fully saturated rings. The number of hydrogen-bond acceptors (Lipinski definition) is 4. The van der Waals surface area contributed by atoms with Gasteiger partial charge in [0.25, 0.3) is 10.1 Å². The highest BCUT2D eigenvalue weighted by Crippen LogP contribution is 2.14. The van der Waals surface area contributed by atoms with Gasteiger partial charge in [0.2, 0.25) is 0 Å². The summed E-state index contributed by atoms with van der Waals surface area (Å²) in [4.78, 5) is 11.6. The lowest BCUT2D eigenvalue weighted by atomic mass is 10.1. The molecular formula is C20H38O5S. The van der Waals surface area contributed by atoms with Crippen LogP contribution in [0.2, 0.25) is 0 Å². The lowest BCUT2D eigenvalue weighted by Crippen LogP contribution is -2.31. The average Bonchev–Trinajstić information content (AvgIpc) is 2.57. The van der Waals surface area contributed by atoms with Crippen molar-refractivity contribution in [2.24, 2.45) is 0 Å². The van der Waals surface area contributed by atoms with E-state index in [9.17, 15) is 13.2 Å². The van der Waals surface area contributed by atoms with E-state index in [0.29, 0.717) is 6.42 Å². The van der Waals surface area contributed by atoms with Crippen molar-refractivity contribution >= 4 is 16.1 Å². The number of allylic oxidation sites excluding steroid dienone is 2. The maximum absolute atomic E-state index is 11.6. The van der Waals surface area contributed by atoms with Crippen LogP contribution < -0.4 is 0 Å². The summed E-state index contributed by atoms with van der Waals surface area (Å²) in [5.41, 5.74) is 0. The van der Waals surface area contributed by atoms with E-state index in [-0.39, 0.29) is 13.0 Å². The fraction of sp³-hybridized carbons (Fsp3) is 0.850. The Hall–Kier alpha value is -0.880. The number of carbonyl (C=O) groups is 1. The van der Waals surface area contributed by atoms with Crippen LogP contribution in [-0.4, -0.2) is 30.8 Å². The first-order valence-electron chi connectivity index (χ1n) is 10.2.